The van der Waals surface area contributed by atoms with Crippen LogP contribution in [-0.2, 0) is 0 Å². The zero-order chi connectivity index (χ0) is 13.4. The van der Waals surface area contributed by atoms with Crippen molar-refractivity contribution in [3.8, 4) is 5.75 Å². The lowest BCUT2D eigenvalue weighted by Crippen LogP contribution is -2.25. The van der Waals surface area contributed by atoms with Gasteiger partial charge in [0.15, 0.2) is 5.78 Å². The predicted octanol–water partition coefficient (Wildman–Crippen LogP) is 3.69. The van der Waals surface area contributed by atoms with Crippen LogP contribution in [0.4, 0.5) is 4.39 Å². The predicted molar refractivity (Wildman–Crippen MR) is 74.4 cm³/mol. The number of halogens is 1. The van der Waals surface area contributed by atoms with Crippen molar-refractivity contribution in [2.75, 3.05) is 7.11 Å². The van der Waals surface area contributed by atoms with Crippen LogP contribution in [0.15, 0.2) is 18.2 Å². The van der Waals surface area contributed by atoms with Crippen molar-refractivity contribution >= 4 is 17.5 Å². The van der Waals surface area contributed by atoms with Crippen LogP contribution in [0.3, 0.4) is 0 Å². The van der Waals surface area contributed by atoms with Crippen LogP contribution in [0.5, 0.6) is 5.75 Å². The molecule has 2 fully saturated rings. The maximum atomic E-state index is 13.9. The van der Waals surface area contributed by atoms with Gasteiger partial charge in [-0.1, -0.05) is 6.07 Å². The van der Waals surface area contributed by atoms with E-state index >= 15 is 0 Å². The number of carbonyl (C=O) groups is 1. The van der Waals surface area contributed by atoms with Gasteiger partial charge < -0.3 is 4.74 Å². The van der Waals surface area contributed by atoms with Crippen LogP contribution >= 0.6 is 11.8 Å². The van der Waals surface area contributed by atoms with E-state index in [-0.39, 0.29) is 17.3 Å². The number of ether oxygens (including phenoxy) is 1. The second-order valence-electron chi connectivity index (χ2n) is 5.31. The van der Waals surface area contributed by atoms with Crippen molar-refractivity contribution in [3.05, 3.63) is 29.6 Å². The molecule has 2 heterocycles. The summed E-state index contributed by atoms with van der Waals surface area (Å²) in [7, 11) is 1.48. The van der Waals surface area contributed by atoms with Gasteiger partial charge in [-0.3, -0.25) is 4.79 Å². The third-order valence-corrected chi connectivity index (χ3v) is 5.73. The van der Waals surface area contributed by atoms with Crippen LogP contribution in [0.1, 0.15) is 36.0 Å². The second kappa shape index (κ2) is 5.16. The fourth-order valence-electron chi connectivity index (χ4n) is 3.19. The van der Waals surface area contributed by atoms with Crippen LogP contribution in [0, 0.1) is 11.7 Å². The van der Waals surface area contributed by atoms with Gasteiger partial charge in [-0.2, -0.15) is 11.8 Å². The van der Waals surface area contributed by atoms with Gasteiger partial charge in [0.2, 0.25) is 0 Å². The number of Topliss-reactive ketones (excluding diaryl/α,β-unsaturated/α-hetero) is 1. The van der Waals surface area contributed by atoms with E-state index in [9.17, 15) is 9.18 Å². The molecule has 2 nitrogen and oxygen atoms in total. The van der Waals surface area contributed by atoms with E-state index in [0.717, 1.165) is 12.8 Å². The van der Waals surface area contributed by atoms with E-state index in [2.05, 4.69) is 0 Å². The number of carbonyl (C=O) groups excluding carboxylic acids is 1. The van der Waals surface area contributed by atoms with Gasteiger partial charge in [-0.15, -0.1) is 0 Å². The fraction of sp³-hybridized carbons (Fsp3) is 0.533. The summed E-state index contributed by atoms with van der Waals surface area (Å²) in [6.07, 6.45) is 4.18. The summed E-state index contributed by atoms with van der Waals surface area (Å²) in [4.78, 5) is 12.6. The molecule has 0 amide bonds. The molecular formula is C15H17FO2S. The molecule has 0 spiro atoms. The summed E-state index contributed by atoms with van der Waals surface area (Å²) in [5.41, 5.74) is 0.140. The largest absolute Gasteiger partial charge is 0.496 e. The second-order valence-corrected chi connectivity index (χ2v) is 6.91. The smallest absolute Gasteiger partial charge is 0.172 e. The minimum absolute atomic E-state index is 0.0375. The van der Waals surface area contributed by atoms with Gasteiger partial charge in [-0.05, 0) is 37.8 Å². The van der Waals surface area contributed by atoms with Crippen LogP contribution < -0.4 is 4.74 Å². The highest BCUT2D eigenvalue weighted by atomic mass is 32.2. The number of benzene rings is 1. The maximum Gasteiger partial charge on any atom is 0.172 e. The van der Waals surface area contributed by atoms with Crippen molar-refractivity contribution in [2.45, 2.75) is 36.2 Å². The van der Waals surface area contributed by atoms with Crippen LogP contribution in [0.25, 0.3) is 0 Å². The average Bonchev–Trinajstić information content (AvgIpc) is 2.76. The minimum atomic E-state index is -0.463. The molecule has 0 aromatic heterocycles. The first-order valence-electron chi connectivity index (χ1n) is 6.71. The number of hydrogen-bond donors (Lipinski definition) is 0. The van der Waals surface area contributed by atoms with Gasteiger partial charge in [-0.25, -0.2) is 4.39 Å². The summed E-state index contributed by atoms with van der Waals surface area (Å²) in [5.74, 6) is -0.220. The highest BCUT2D eigenvalue weighted by Gasteiger charge is 2.39. The van der Waals surface area contributed by atoms with Crippen LogP contribution in [0.2, 0.25) is 0 Å². The van der Waals surface area contributed by atoms with E-state index in [1.54, 1.807) is 12.1 Å². The van der Waals surface area contributed by atoms with Gasteiger partial charge in [0.05, 0.1) is 12.7 Å². The topological polar surface area (TPSA) is 26.3 Å². The lowest BCUT2D eigenvalue weighted by molar-refractivity contribution is 0.0899. The number of hydrogen-bond acceptors (Lipinski definition) is 3. The molecule has 19 heavy (non-hydrogen) atoms. The summed E-state index contributed by atoms with van der Waals surface area (Å²) in [6.45, 7) is 0. The molecule has 0 radical (unpaired) electrons. The first-order valence-corrected chi connectivity index (χ1v) is 7.65. The Morgan fingerprint density at radius 1 is 1.32 bits per heavy atom. The van der Waals surface area contributed by atoms with E-state index in [4.69, 9.17) is 4.74 Å². The molecule has 4 heteroatoms. The quantitative estimate of drug-likeness (QED) is 0.790. The Labute approximate surface area is 116 Å². The van der Waals surface area contributed by atoms with Gasteiger partial charge in [0.25, 0.3) is 0 Å². The highest BCUT2D eigenvalue weighted by Crippen LogP contribution is 2.47. The number of ketones is 1. The van der Waals surface area contributed by atoms with E-state index in [1.165, 1.54) is 26.0 Å². The molecule has 0 saturated carbocycles. The SMILES string of the molecule is COc1cccc(F)c1C(=O)C1CC2CCC(C1)S2. The molecule has 1 aromatic rings. The third-order valence-electron chi connectivity index (χ3n) is 4.10. The summed E-state index contributed by atoms with van der Waals surface area (Å²) >= 11 is 2.01. The average molecular weight is 280 g/mol. The number of thioether (sulfide) groups is 1. The molecule has 1 aromatic carbocycles. The lowest BCUT2D eigenvalue weighted by atomic mass is 9.89. The molecule has 102 valence electrons. The molecule has 0 N–H and O–H groups in total. The van der Waals surface area contributed by atoms with Crippen molar-refractivity contribution in [1.29, 1.82) is 0 Å². The van der Waals surface area contributed by atoms with Gasteiger partial charge in [0.1, 0.15) is 11.6 Å². The van der Waals surface area contributed by atoms with Crippen molar-refractivity contribution in [2.24, 2.45) is 5.92 Å². The van der Waals surface area contributed by atoms with Gasteiger partial charge >= 0.3 is 0 Å². The maximum absolute atomic E-state index is 13.9. The lowest BCUT2D eigenvalue weighted by Gasteiger charge is -2.26. The summed E-state index contributed by atoms with van der Waals surface area (Å²) in [5, 5.41) is 1.18. The summed E-state index contributed by atoms with van der Waals surface area (Å²) in [6, 6.07) is 4.57. The molecule has 2 aliphatic rings. The molecule has 2 saturated heterocycles. The third kappa shape index (κ3) is 2.38. The Morgan fingerprint density at radius 3 is 2.63 bits per heavy atom. The molecular weight excluding hydrogens is 263 g/mol. The normalized spacial score (nSPS) is 29.3. The fourth-order valence-corrected chi connectivity index (χ4v) is 4.97. The molecule has 2 aliphatic heterocycles. The Bertz CT molecular complexity index is 491. The first kappa shape index (κ1) is 13.0. The Morgan fingerprint density at radius 2 is 2.00 bits per heavy atom. The van der Waals surface area contributed by atoms with E-state index in [1.807, 2.05) is 11.8 Å². The molecule has 2 unspecified atom stereocenters. The Balaban J connectivity index is 1.88. The molecule has 2 bridgehead atoms. The van der Waals surface area contributed by atoms with Crippen molar-refractivity contribution in [1.82, 2.24) is 0 Å². The van der Waals surface area contributed by atoms with E-state index in [0.29, 0.717) is 16.2 Å². The van der Waals surface area contributed by atoms with Gasteiger partial charge in [0, 0.05) is 16.4 Å². The Hall–Kier alpha value is -1.03. The first-order chi connectivity index (χ1) is 9.19. The molecule has 0 aliphatic carbocycles. The minimum Gasteiger partial charge on any atom is -0.496 e. The van der Waals surface area contributed by atoms with Crippen molar-refractivity contribution in [3.63, 3.8) is 0 Å². The standard InChI is InChI=1S/C15H17FO2S/c1-18-13-4-2-3-12(16)14(13)15(17)9-7-10-5-6-11(8-9)19-10/h2-4,9-11H,5-8H2,1H3. The number of rotatable bonds is 3. The van der Waals surface area contributed by atoms with Crippen LogP contribution in [-0.4, -0.2) is 23.4 Å². The van der Waals surface area contributed by atoms with E-state index < -0.39 is 5.82 Å². The number of fused-ring (bicyclic) bond motifs is 2. The zero-order valence-corrected chi connectivity index (χ0v) is 11.7. The highest BCUT2D eigenvalue weighted by molar-refractivity contribution is 8.00. The molecule has 3 rings (SSSR count). The van der Waals surface area contributed by atoms with Crippen molar-refractivity contribution < 1.29 is 13.9 Å². The zero-order valence-electron chi connectivity index (χ0n) is 10.9. The Kier molecular flexibility index (Phi) is 3.52. The molecule has 2 atom stereocenters. The monoisotopic (exact) mass is 280 g/mol. The summed E-state index contributed by atoms with van der Waals surface area (Å²) < 4.78 is 19.1. The number of methoxy groups -OCH3 is 1.